The van der Waals surface area contributed by atoms with E-state index in [1.807, 2.05) is 0 Å². The second-order valence-electron chi connectivity index (χ2n) is 9.78. The molecule has 0 bridgehead atoms. The standard InChI is InChI=1S/C29H28ClF3N4O3/c1-37-10-8-17(9-11-37)16-39-26-15-23-21(14-25(26)38-2)27(34)36-28(35-23)18-6-7-24(22(30)12-18)40-20-5-3-4-19(13-20)29(31,32)33/h3-7,12-15,17H,8-11,16H2,1-2H3,(H2,34,35,36). The maximum atomic E-state index is 13.1. The maximum absolute atomic E-state index is 13.1. The van der Waals surface area contributed by atoms with Crippen molar-refractivity contribution in [2.75, 3.05) is 39.6 Å². The highest BCUT2D eigenvalue weighted by Crippen LogP contribution is 2.38. The van der Waals surface area contributed by atoms with Crippen molar-refractivity contribution >= 4 is 28.3 Å². The lowest BCUT2D eigenvalue weighted by Crippen LogP contribution is -2.32. The zero-order valence-electron chi connectivity index (χ0n) is 22.0. The predicted molar refractivity (Wildman–Crippen MR) is 148 cm³/mol. The zero-order chi connectivity index (χ0) is 28.4. The van der Waals surface area contributed by atoms with Gasteiger partial charge in [-0.05, 0) is 81.4 Å². The lowest BCUT2D eigenvalue weighted by molar-refractivity contribution is -0.137. The molecule has 40 heavy (non-hydrogen) atoms. The fourth-order valence-corrected chi connectivity index (χ4v) is 4.80. The number of anilines is 1. The number of rotatable bonds is 7. The third-order valence-electron chi connectivity index (χ3n) is 6.90. The van der Waals surface area contributed by atoms with Crippen molar-refractivity contribution in [3.63, 3.8) is 0 Å². The molecule has 0 unspecified atom stereocenters. The van der Waals surface area contributed by atoms with Crippen molar-refractivity contribution in [1.82, 2.24) is 14.9 Å². The Kier molecular flexibility index (Phi) is 7.91. The number of benzene rings is 3. The number of ether oxygens (including phenoxy) is 3. The third-order valence-corrected chi connectivity index (χ3v) is 7.20. The minimum atomic E-state index is -4.48. The Bertz CT molecular complexity index is 1520. The van der Waals surface area contributed by atoms with Crippen LogP contribution in [0.3, 0.4) is 0 Å². The van der Waals surface area contributed by atoms with Crippen LogP contribution in [0.4, 0.5) is 19.0 Å². The minimum absolute atomic E-state index is 0.0115. The number of nitrogen functional groups attached to an aromatic ring is 1. The summed E-state index contributed by atoms with van der Waals surface area (Å²) in [5.74, 6) is 2.35. The van der Waals surface area contributed by atoms with Gasteiger partial charge in [-0.15, -0.1) is 0 Å². The normalized spacial score (nSPS) is 14.8. The molecule has 11 heteroatoms. The molecule has 7 nitrogen and oxygen atoms in total. The summed E-state index contributed by atoms with van der Waals surface area (Å²) in [4.78, 5) is 11.4. The van der Waals surface area contributed by atoms with Crippen molar-refractivity contribution < 1.29 is 27.4 Å². The van der Waals surface area contributed by atoms with E-state index < -0.39 is 11.7 Å². The molecule has 2 heterocycles. The van der Waals surface area contributed by atoms with Crippen LogP contribution in [0.1, 0.15) is 18.4 Å². The van der Waals surface area contributed by atoms with Crippen LogP contribution in [-0.2, 0) is 6.18 Å². The van der Waals surface area contributed by atoms with Gasteiger partial charge in [-0.25, -0.2) is 9.97 Å². The minimum Gasteiger partial charge on any atom is -0.493 e. The van der Waals surface area contributed by atoms with Gasteiger partial charge in [-0.1, -0.05) is 17.7 Å². The molecule has 5 rings (SSSR count). The van der Waals surface area contributed by atoms with Crippen LogP contribution >= 0.6 is 11.6 Å². The summed E-state index contributed by atoms with van der Waals surface area (Å²) in [5.41, 5.74) is 6.60. The van der Waals surface area contributed by atoms with Crippen LogP contribution in [0.25, 0.3) is 22.3 Å². The SMILES string of the molecule is COc1cc2c(N)nc(-c3ccc(Oc4cccc(C(F)(F)F)c4)c(Cl)c3)nc2cc1OCC1CCN(C)CC1. The van der Waals surface area contributed by atoms with Crippen LogP contribution < -0.4 is 19.9 Å². The van der Waals surface area contributed by atoms with E-state index in [1.54, 1.807) is 37.4 Å². The summed E-state index contributed by atoms with van der Waals surface area (Å²) in [6, 6.07) is 12.9. The van der Waals surface area contributed by atoms with Gasteiger partial charge in [0.2, 0.25) is 0 Å². The zero-order valence-corrected chi connectivity index (χ0v) is 22.7. The average Bonchev–Trinajstić information content (AvgIpc) is 2.93. The van der Waals surface area contributed by atoms with Gasteiger partial charge in [-0.3, -0.25) is 0 Å². The van der Waals surface area contributed by atoms with Crippen LogP contribution in [0.15, 0.2) is 54.6 Å². The van der Waals surface area contributed by atoms with Gasteiger partial charge in [0.15, 0.2) is 17.3 Å². The average molecular weight is 573 g/mol. The first kappa shape index (κ1) is 27.8. The lowest BCUT2D eigenvalue weighted by atomic mass is 9.98. The van der Waals surface area contributed by atoms with E-state index in [1.165, 1.54) is 12.1 Å². The molecule has 1 fully saturated rings. The Morgan fingerprint density at radius 1 is 1.00 bits per heavy atom. The number of aromatic nitrogens is 2. The number of hydrogen-bond donors (Lipinski definition) is 1. The number of alkyl halides is 3. The topological polar surface area (TPSA) is 82.7 Å². The molecule has 0 spiro atoms. The van der Waals surface area contributed by atoms with E-state index in [2.05, 4.69) is 21.9 Å². The number of halogens is 4. The molecule has 3 aromatic carbocycles. The largest absolute Gasteiger partial charge is 0.493 e. The van der Waals surface area contributed by atoms with E-state index in [0.29, 0.717) is 46.3 Å². The molecule has 1 aliphatic rings. The number of piperidine rings is 1. The fourth-order valence-electron chi connectivity index (χ4n) is 4.58. The van der Waals surface area contributed by atoms with Crippen LogP contribution in [-0.4, -0.2) is 48.7 Å². The summed E-state index contributed by atoms with van der Waals surface area (Å²) < 4.78 is 56.5. The molecular weight excluding hydrogens is 545 g/mol. The Balaban J connectivity index is 1.40. The van der Waals surface area contributed by atoms with E-state index in [4.69, 9.17) is 31.5 Å². The van der Waals surface area contributed by atoms with Crippen molar-refractivity contribution in [2.45, 2.75) is 19.0 Å². The second-order valence-corrected chi connectivity index (χ2v) is 10.2. The third kappa shape index (κ3) is 6.18. The van der Waals surface area contributed by atoms with Crippen molar-refractivity contribution in [1.29, 1.82) is 0 Å². The molecule has 0 atom stereocenters. The van der Waals surface area contributed by atoms with Crippen LogP contribution in [0, 0.1) is 5.92 Å². The van der Waals surface area contributed by atoms with Gasteiger partial charge in [0.1, 0.15) is 17.3 Å². The Morgan fingerprint density at radius 3 is 2.48 bits per heavy atom. The van der Waals surface area contributed by atoms with Gasteiger partial charge in [0.05, 0.1) is 29.8 Å². The summed E-state index contributed by atoms with van der Waals surface area (Å²) in [6.07, 6.45) is -2.35. The van der Waals surface area contributed by atoms with E-state index >= 15 is 0 Å². The first-order valence-electron chi connectivity index (χ1n) is 12.7. The van der Waals surface area contributed by atoms with Gasteiger partial charge in [-0.2, -0.15) is 13.2 Å². The Hall–Kier alpha value is -3.76. The predicted octanol–water partition coefficient (Wildman–Crippen LogP) is 7.07. The Morgan fingerprint density at radius 2 is 1.77 bits per heavy atom. The highest BCUT2D eigenvalue weighted by molar-refractivity contribution is 6.32. The fraction of sp³-hybridized carbons (Fsp3) is 0.310. The summed E-state index contributed by atoms with van der Waals surface area (Å²) in [6.45, 7) is 2.66. The highest BCUT2D eigenvalue weighted by Gasteiger charge is 2.30. The van der Waals surface area contributed by atoms with Crippen molar-refractivity contribution in [3.05, 3.63) is 65.2 Å². The molecule has 1 aliphatic heterocycles. The molecule has 0 saturated carbocycles. The summed E-state index contributed by atoms with van der Waals surface area (Å²) in [7, 11) is 3.69. The Labute approximate surface area is 234 Å². The van der Waals surface area contributed by atoms with Gasteiger partial charge < -0.3 is 24.8 Å². The van der Waals surface area contributed by atoms with Crippen molar-refractivity contribution in [2.24, 2.45) is 5.92 Å². The van der Waals surface area contributed by atoms with E-state index in [-0.39, 0.29) is 22.3 Å². The van der Waals surface area contributed by atoms with Crippen LogP contribution in [0.5, 0.6) is 23.0 Å². The molecule has 1 aromatic heterocycles. The van der Waals surface area contributed by atoms with E-state index in [9.17, 15) is 13.2 Å². The van der Waals surface area contributed by atoms with Gasteiger partial charge >= 0.3 is 6.18 Å². The quantitative estimate of drug-likeness (QED) is 0.253. The van der Waals surface area contributed by atoms with Crippen LogP contribution in [0.2, 0.25) is 5.02 Å². The maximum Gasteiger partial charge on any atom is 0.416 e. The summed E-state index contributed by atoms with van der Waals surface area (Å²) in [5, 5.41) is 0.789. The van der Waals surface area contributed by atoms with Crippen molar-refractivity contribution in [3.8, 4) is 34.4 Å². The molecule has 0 aliphatic carbocycles. The molecule has 1 saturated heterocycles. The molecule has 0 amide bonds. The monoisotopic (exact) mass is 572 g/mol. The number of hydrogen-bond acceptors (Lipinski definition) is 7. The van der Waals surface area contributed by atoms with Gasteiger partial charge in [0.25, 0.3) is 0 Å². The lowest BCUT2D eigenvalue weighted by Gasteiger charge is -2.28. The number of fused-ring (bicyclic) bond motifs is 1. The molecule has 0 radical (unpaired) electrons. The number of methoxy groups -OCH3 is 1. The molecule has 2 N–H and O–H groups in total. The second kappa shape index (κ2) is 11.4. The molecular formula is C29H28ClF3N4O3. The molecule has 210 valence electrons. The smallest absolute Gasteiger partial charge is 0.416 e. The first-order valence-corrected chi connectivity index (χ1v) is 13.1. The molecule has 4 aromatic rings. The highest BCUT2D eigenvalue weighted by atomic mass is 35.5. The number of likely N-dealkylation sites (tertiary alicyclic amines) is 1. The summed E-state index contributed by atoms with van der Waals surface area (Å²) >= 11 is 6.43. The van der Waals surface area contributed by atoms with E-state index in [0.717, 1.165) is 38.1 Å². The number of nitrogens with zero attached hydrogens (tertiary/aromatic N) is 3. The number of nitrogens with two attached hydrogens (primary N) is 1. The van der Waals surface area contributed by atoms with Gasteiger partial charge in [0, 0.05) is 17.0 Å². The first-order chi connectivity index (χ1) is 19.1.